The van der Waals surface area contributed by atoms with E-state index in [0.717, 1.165) is 12.0 Å². The molecule has 1 unspecified atom stereocenters. The summed E-state index contributed by atoms with van der Waals surface area (Å²) in [7, 11) is 0. The minimum Gasteiger partial charge on any atom is -0.394 e. The number of anilines is 2. The molecule has 0 aliphatic rings. The van der Waals surface area contributed by atoms with Crippen LogP contribution in [0, 0.1) is 12.7 Å². The Kier molecular flexibility index (Phi) is 13.6. The van der Waals surface area contributed by atoms with E-state index in [0.29, 0.717) is 36.3 Å². The highest BCUT2D eigenvalue weighted by Crippen LogP contribution is 2.35. The fourth-order valence-corrected chi connectivity index (χ4v) is 3.70. The molecule has 7 nitrogen and oxygen atoms in total. The molecule has 0 radical (unpaired) electrons. The summed E-state index contributed by atoms with van der Waals surface area (Å²) in [5, 5.41) is 21.6. The number of aliphatic hydroxyl groups excluding tert-OH is 2. The number of aryl methyl sites for hydroxylation is 1. The van der Waals surface area contributed by atoms with Crippen molar-refractivity contribution < 1.29 is 19.4 Å². The van der Waals surface area contributed by atoms with E-state index in [1.165, 1.54) is 6.07 Å². The molecule has 0 aliphatic carbocycles. The van der Waals surface area contributed by atoms with Crippen LogP contribution >= 0.6 is 11.6 Å². The van der Waals surface area contributed by atoms with Crippen molar-refractivity contribution in [3.63, 3.8) is 0 Å². The summed E-state index contributed by atoms with van der Waals surface area (Å²) in [6.07, 6.45) is 2.90. The van der Waals surface area contributed by atoms with Gasteiger partial charge in [0.05, 0.1) is 23.7 Å². The van der Waals surface area contributed by atoms with Crippen LogP contribution in [-0.4, -0.2) is 34.1 Å². The van der Waals surface area contributed by atoms with Crippen LogP contribution in [0.3, 0.4) is 0 Å². The van der Waals surface area contributed by atoms with E-state index in [9.17, 15) is 14.3 Å². The predicted octanol–water partition coefficient (Wildman–Crippen LogP) is 5.32. The Morgan fingerprint density at radius 1 is 1.29 bits per heavy atom. The molecule has 196 valence electrons. The summed E-state index contributed by atoms with van der Waals surface area (Å²) >= 11 is 6.54. The van der Waals surface area contributed by atoms with Gasteiger partial charge in [0.1, 0.15) is 23.6 Å². The lowest BCUT2D eigenvalue weighted by Gasteiger charge is -2.24. The molecule has 0 saturated heterocycles. The van der Waals surface area contributed by atoms with Gasteiger partial charge >= 0.3 is 0 Å². The van der Waals surface area contributed by atoms with Crippen LogP contribution in [0.1, 0.15) is 64.3 Å². The molecular formula is C26H39ClFN3O4. The second kappa shape index (κ2) is 15.6. The molecule has 0 fully saturated rings. The Morgan fingerprint density at radius 2 is 1.97 bits per heavy atom. The van der Waals surface area contributed by atoms with E-state index in [1.807, 2.05) is 40.7 Å². The number of nitrogens with one attached hydrogen (secondary N) is 2. The normalized spacial score (nSPS) is 12.1. The van der Waals surface area contributed by atoms with Crippen molar-refractivity contribution in [3.05, 3.63) is 62.3 Å². The first kappa shape index (κ1) is 30.6. The molecule has 4 N–H and O–H groups in total. The third-order valence-corrected chi connectivity index (χ3v) is 5.48. The summed E-state index contributed by atoms with van der Waals surface area (Å²) in [5.41, 5.74) is 5.49. The number of pyridine rings is 1. The van der Waals surface area contributed by atoms with Gasteiger partial charge in [-0.15, -0.1) is 0 Å². The highest BCUT2D eigenvalue weighted by atomic mass is 35.5. The Labute approximate surface area is 212 Å². The van der Waals surface area contributed by atoms with Gasteiger partial charge in [-0.25, -0.2) is 4.39 Å². The molecule has 1 aromatic heterocycles. The Morgan fingerprint density at radius 3 is 2.51 bits per heavy atom. The van der Waals surface area contributed by atoms with Crippen LogP contribution in [0.5, 0.6) is 0 Å². The van der Waals surface area contributed by atoms with Crippen molar-refractivity contribution in [1.82, 2.24) is 10.0 Å². The number of unbranched alkanes of at least 4 members (excludes halogenated alkanes) is 1. The van der Waals surface area contributed by atoms with Gasteiger partial charge in [-0.1, -0.05) is 57.9 Å². The van der Waals surface area contributed by atoms with Crippen molar-refractivity contribution >= 4 is 28.7 Å². The molecule has 0 bridgehead atoms. The van der Waals surface area contributed by atoms with Crippen molar-refractivity contribution in [2.45, 2.75) is 73.5 Å². The number of hydroxylamine groups is 1. The van der Waals surface area contributed by atoms with E-state index in [1.54, 1.807) is 23.6 Å². The molecule has 0 saturated carbocycles. The average molecular weight is 512 g/mol. The third kappa shape index (κ3) is 8.07. The lowest BCUT2D eigenvalue weighted by molar-refractivity contribution is -0.0190. The fourth-order valence-electron chi connectivity index (χ4n) is 3.45. The van der Waals surface area contributed by atoms with Crippen LogP contribution in [0.2, 0.25) is 5.02 Å². The number of benzene rings is 1. The van der Waals surface area contributed by atoms with Crippen LogP contribution < -0.4 is 16.4 Å². The number of hydrogen-bond acceptors (Lipinski definition) is 6. The number of nitrogens with zero attached hydrogens (tertiary/aromatic N) is 1. The van der Waals surface area contributed by atoms with Crippen LogP contribution in [0.4, 0.5) is 15.8 Å². The van der Waals surface area contributed by atoms with E-state index in [2.05, 4.69) is 10.8 Å². The highest BCUT2D eigenvalue weighted by Gasteiger charge is 2.23. The second-order valence-electron chi connectivity index (χ2n) is 7.68. The molecule has 2 aromatic rings. The van der Waals surface area contributed by atoms with Gasteiger partial charge in [-0.05, 0) is 44.4 Å². The van der Waals surface area contributed by atoms with Crippen LogP contribution in [-0.2, 0) is 17.8 Å². The fraction of sp³-hybridized carbons (Fsp3) is 0.500. The zero-order valence-corrected chi connectivity index (χ0v) is 22.3. The minimum atomic E-state index is -1.05. The summed E-state index contributed by atoms with van der Waals surface area (Å²) in [6, 6.07) is 4.76. The molecule has 1 heterocycles. The van der Waals surface area contributed by atoms with Gasteiger partial charge in [0.2, 0.25) is 0 Å². The maximum atomic E-state index is 14.7. The Hall–Kier alpha value is -2.39. The van der Waals surface area contributed by atoms with Gasteiger partial charge < -0.3 is 20.1 Å². The number of rotatable bonds is 12. The summed E-state index contributed by atoms with van der Waals surface area (Å²) in [4.78, 5) is 18.5. The monoisotopic (exact) mass is 511 g/mol. The topological polar surface area (TPSA) is 95.8 Å². The minimum absolute atomic E-state index is 0.0661. The third-order valence-electron chi connectivity index (χ3n) is 5.13. The summed E-state index contributed by atoms with van der Waals surface area (Å²) in [5.74, 6) is -0.468. The molecule has 0 amide bonds. The van der Waals surface area contributed by atoms with E-state index < -0.39 is 18.5 Å². The maximum Gasteiger partial charge on any atom is 0.271 e. The van der Waals surface area contributed by atoms with Crippen LogP contribution in [0.15, 0.2) is 29.1 Å². The molecule has 2 rings (SSSR count). The second-order valence-corrected chi connectivity index (χ2v) is 8.06. The van der Waals surface area contributed by atoms with Crippen molar-refractivity contribution in [2.24, 2.45) is 0 Å². The zero-order valence-electron chi connectivity index (χ0n) is 21.5. The lowest BCUT2D eigenvalue weighted by atomic mass is 10.0. The summed E-state index contributed by atoms with van der Waals surface area (Å²) in [6.45, 7) is 11.4. The van der Waals surface area contributed by atoms with Crippen molar-refractivity contribution in [1.29, 1.82) is 0 Å². The van der Waals surface area contributed by atoms with Gasteiger partial charge in [-0.3, -0.25) is 15.1 Å². The standard InChI is InChI=1S/C24H33ClFN3O4.C2H6/c1-5-8-9-19(28-33-14-16(31)13-30)21-20(6-2)29(7-3)24(32)22(25)23(21)27-18-11-10-15(4)12-17(18)26;1-2/h9-12,16,27-28,30-31H,5-8,13-14H2,1-4H3;1-2H3/b19-9-;. The lowest BCUT2D eigenvalue weighted by Crippen LogP contribution is -2.29. The molecule has 0 spiro atoms. The smallest absolute Gasteiger partial charge is 0.271 e. The van der Waals surface area contributed by atoms with Gasteiger partial charge in [0.25, 0.3) is 5.56 Å². The van der Waals surface area contributed by atoms with E-state index >= 15 is 0 Å². The zero-order chi connectivity index (χ0) is 26.5. The summed E-state index contributed by atoms with van der Waals surface area (Å²) < 4.78 is 16.2. The van der Waals surface area contributed by atoms with Gasteiger partial charge in [0, 0.05) is 17.8 Å². The number of allylic oxidation sites excluding steroid dienone is 1. The highest BCUT2D eigenvalue weighted by molar-refractivity contribution is 6.33. The molecule has 35 heavy (non-hydrogen) atoms. The van der Waals surface area contributed by atoms with Gasteiger partial charge in [0.15, 0.2) is 0 Å². The largest absolute Gasteiger partial charge is 0.394 e. The maximum absolute atomic E-state index is 14.7. The first-order valence-corrected chi connectivity index (χ1v) is 12.5. The Balaban J connectivity index is 0.00000298. The van der Waals surface area contributed by atoms with Crippen LogP contribution in [0.25, 0.3) is 5.70 Å². The van der Waals surface area contributed by atoms with Gasteiger partial charge in [-0.2, -0.15) is 0 Å². The van der Waals surface area contributed by atoms with Crippen molar-refractivity contribution in [3.8, 4) is 0 Å². The SMILES string of the molecule is CC.CCC/C=C(\NOCC(O)CO)c1c(Nc2ccc(C)cc2F)c(Cl)c(=O)n(CC)c1CC. The number of aliphatic hydroxyl groups is 2. The van der Waals surface area contributed by atoms with E-state index in [4.69, 9.17) is 21.5 Å². The number of halogens is 2. The van der Waals surface area contributed by atoms with Crippen molar-refractivity contribution in [2.75, 3.05) is 18.5 Å². The molecule has 1 aromatic carbocycles. The molecule has 9 heteroatoms. The predicted molar refractivity (Wildman–Crippen MR) is 142 cm³/mol. The molecule has 1 atom stereocenters. The first-order valence-electron chi connectivity index (χ1n) is 12.1. The first-order chi connectivity index (χ1) is 16.8. The number of aromatic nitrogens is 1. The molecular weight excluding hydrogens is 473 g/mol. The number of hydrogen-bond donors (Lipinski definition) is 4. The quantitative estimate of drug-likeness (QED) is 0.288. The Bertz CT molecular complexity index is 1040. The van der Waals surface area contributed by atoms with E-state index in [-0.39, 0.29) is 28.6 Å². The molecule has 0 aliphatic heterocycles. The average Bonchev–Trinajstić information content (AvgIpc) is 2.86.